The topological polar surface area (TPSA) is 29.3 Å². The highest BCUT2D eigenvalue weighted by Crippen LogP contribution is 2.13. The Kier molecular flexibility index (Phi) is 2.42. The molecule has 9 heavy (non-hydrogen) atoms. The maximum absolute atomic E-state index is 12.0. The minimum Gasteiger partial charge on any atom is -0.269 e. The zero-order valence-corrected chi connectivity index (χ0v) is 5.52. The first-order valence-corrected chi connectivity index (χ1v) is 3.38. The van der Waals surface area contributed by atoms with Crippen LogP contribution in [0.1, 0.15) is 12.8 Å². The van der Waals surface area contributed by atoms with Gasteiger partial charge in [-0.25, -0.2) is 5.01 Å². The molecule has 0 bridgehead atoms. The number of hydrazine groups is 1. The van der Waals surface area contributed by atoms with Crippen molar-refractivity contribution in [2.24, 2.45) is 11.8 Å². The molecule has 1 fully saturated rings. The number of nitrogens with zero attached hydrogens (tertiary/aromatic N) is 1. The van der Waals surface area contributed by atoms with Crippen molar-refractivity contribution in [2.75, 3.05) is 19.8 Å². The standard InChI is InChI=1S/C6H13FN2/c7-4-6-2-1-3-9(8)5-6/h6H,1-5,8H2. The van der Waals surface area contributed by atoms with Gasteiger partial charge in [-0.2, -0.15) is 0 Å². The van der Waals surface area contributed by atoms with Gasteiger partial charge in [-0.15, -0.1) is 0 Å². The lowest BCUT2D eigenvalue weighted by Gasteiger charge is -2.26. The first-order chi connectivity index (χ1) is 4.33. The molecular weight excluding hydrogens is 119 g/mol. The minimum absolute atomic E-state index is 0.198. The molecule has 1 atom stereocenters. The van der Waals surface area contributed by atoms with Crippen molar-refractivity contribution in [2.45, 2.75) is 12.8 Å². The number of piperidine rings is 1. The van der Waals surface area contributed by atoms with E-state index >= 15 is 0 Å². The zero-order valence-electron chi connectivity index (χ0n) is 5.52. The van der Waals surface area contributed by atoms with Crippen LogP contribution in [0.15, 0.2) is 0 Å². The van der Waals surface area contributed by atoms with Crippen molar-refractivity contribution < 1.29 is 4.39 Å². The number of halogens is 1. The molecule has 54 valence electrons. The molecule has 0 spiro atoms. The minimum atomic E-state index is -0.215. The van der Waals surface area contributed by atoms with Gasteiger partial charge in [0.2, 0.25) is 0 Å². The fourth-order valence-electron chi connectivity index (χ4n) is 1.22. The molecule has 2 nitrogen and oxygen atoms in total. The van der Waals surface area contributed by atoms with Crippen LogP contribution in [-0.2, 0) is 0 Å². The lowest BCUT2D eigenvalue weighted by molar-refractivity contribution is 0.156. The van der Waals surface area contributed by atoms with Gasteiger partial charge in [-0.05, 0) is 12.8 Å². The molecule has 0 aliphatic carbocycles. The smallest absolute Gasteiger partial charge is 0.0935 e. The molecule has 1 heterocycles. The average Bonchev–Trinajstić information content (AvgIpc) is 1.88. The fraction of sp³-hybridized carbons (Fsp3) is 1.00. The predicted molar refractivity (Wildman–Crippen MR) is 34.5 cm³/mol. The molecule has 0 aromatic heterocycles. The van der Waals surface area contributed by atoms with E-state index in [0.29, 0.717) is 0 Å². The van der Waals surface area contributed by atoms with Gasteiger partial charge >= 0.3 is 0 Å². The largest absolute Gasteiger partial charge is 0.269 e. The van der Waals surface area contributed by atoms with Gasteiger partial charge in [-0.1, -0.05) is 0 Å². The summed E-state index contributed by atoms with van der Waals surface area (Å²) in [6.07, 6.45) is 2.05. The van der Waals surface area contributed by atoms with Crippen molar-refractivity contribution in [3.8, 4) is 0 Å². The quantitative estimate of drug-likeness (QED) is 0.528. The van der Waals surface area contributed by atoms with Gasteiger partial charge < -0.3 is 0 Å². The van der Waals surface area contributed by atoms with E-state index in [-0.39, 0.29) is 12.6 Å². The van der Waals surface area contributed by atoms with E-state index in [2.05, 4.69) is 0 Å². The number of hydrogen-bond donors (Lipinski definition) is 1. The second-order valence-electron chi connectivity index (χ2n) is 2.66. The van der Waals surface area contributed by atoms with Gasteiger partial charge in [0.05, 0.1) is 6.67 Å². The van der Waals surface area contributed by atoms with E-state index in [4.69, 9.17) is 5.84 Å². The van der Waals surface area contributed by atoms with Crippen LogP contribution in [0.4, 0.5) is 4.39 Å². The van der Waals surface area contributed by atoms with Gasteiger partial charge in [0.15, 0.2) is 0 Å². The Hall–Kier alpha value is -0.150. The molecule has 1 saturated heterocycles. The van der Waals surface area contributed by atoms with Crippen molar-refractivity contribution in [1.29, 1.82) is 0 Å². The molecule has 1 aliphatic rings. The molecule has 0 saturated carbocycles. The summed E-state index contributed by atoms with van der Waals surface area (Å²) in [5.41, 5.74) is 0. The molecule has 1 aliphatic heterocycles. The van der Waals surface area contributed by atoms with Crippen molar-refractivity contribution >= 4 is 0 Å². The lowest BCUT2D eigenvalue weighted by atomic mass is 10.0. The number of nitrogens with two attached hydrogens (primary N) is 1. The average molecular weight is 132 g/mol. The van der Waals surface area contributed by atoms with Gasteiger partial charge in [-0.3, -0.25) is 10.2 Å². The fourth-order valence-corrected chi connectivity index (χ4v) is 1.22. The summed E-state index contributed by atoms with van der Waals surface area (Å²) in [7, 11) is 0. The van der Waals surface area contributed by atoms with E-state index in [0.717, 1.165) is 25.9 Å². The zero-order chi connectivity index (χ0) is 6.69. The summed E-state index contributed by atoms with van der Waals surface area (Å²) in [6, 6.07) is 0. The summed E-state index contributed by atoms with van der Waals surface area (Å²) < 4.78 is 12.0. The number of alkyl halides is 1. The van der Waals surface area contributed by atoms with Crippen LogP contribution in [0.2, 0.25) is 0 Å². The first kappa shape index (κ1) is 6.96. The highest BCUT2D eigenvalue weighted by Gasteiger charge is 2.16. The Morgan fingerprint density at radius 2 is 2.44 bits per heavy atom. The highest BCUT2D eigenvalue weighted by molar-refractivity contribution is 4.67. The Morgan fingerprint density at radius 3 is 2.89 bits per heavy atom. The van der Waals surface area contributed by atoms with Crippen molar-refractivity contribution in [3.63, 3.8) is 0 Å². The summed E-state index contributed by atoms with van der Waals surface area (Å²) >= 11 is 0. The Labute approximate surface area is 54.8 Å². The van der Waals surface area contributed by atoms with E-state index in [9.17, 15) is 4.39 Å². The second-order valence-corrected chi connectivity index (χ2v) is 2.66. The van der Waals surface area contributed by atoms with Crippen molar-refractivity contribution in [3.05, 3.63) is 0 Å². The van der Waals surface area contributed by atoms with Crippen LogP contribution in [0.5, 0.6) is 0 Å². The third-order valence-electron chi connectivity index (χ3n) is 1.77. The molecule has 0 amide bonds. The monoisotopic (exact) mass is 132 g/mol. The second kappa shape index (κ2) is 3.13. The summed E-state index contributed by atoms with van der Waals surface area (Å²) in [5, 5.41) is 1.70. The molecule has 3 heteroatoms. The van der Waals surface area contributed by atoms with Gasteiger partial charge in [0.1, 0.15) is 0 Å². The molecule has 0 radical (unpaired) electrons. The molecular formula is C6H13FN2. The molecule has 0 aromatic carbocycles. The molecule has 1 unspecified atom stereocenters. The normalized spacial score (nSPS) is 30.7. The molecule has 2 N–H and O–H groups in total. The summed E-state index contributed by atoms with van der Waals surface area (Å²) in [5.74, 6) is 5.67. The van der Waals surface area contributed by atoms with Crippen LogP contribution >= 0.6 is 0 Å². The maximum Gasteiger partial charge on any atom is 0.0935 e. The van der Waals surface area contributed by atoms with Gasteiger partial charge in [0, 0.05) is 19.0 Å². The Morgan fingerprint density at radius 1 is 1.67 bits per heavy atom. The SMILES string of the molecule is NN1CCCC(CF)C1. The van der Waals surface area contributed by atoms with Crippen LogP contribution in [-0.4, -0.2) is 24.8 Å². The highest BCUT2D eigenvalue weighted by atomic mass is 19.1. The van der Waals surface area contributed by atoms with E-state index in [1.54, 1.807) is 5.01 Å². The number of hydrogen-bond acceptors (Lipinski definition) is 2. The number of rotatable bonds is 1. The Balaban J connectivity index is 2.23. The van der Waals surface area contributed by atoms with Gasteiger partial charge in [0.25, 0.3) is 0 Å². The third kappa shape index (κ3) is 1.91. The lowest BCUT2D eigenvalue weighted by Crippen LogP contribution is -2.40. The maximum atomic E-state index is 12.0. The third-order valence-corrected chi connectivity index (χ3v) is 1.77. The van der Waals surface area contributed by atoms with E-state index in [1.165, 1.54) is 0 Å². The molecule has 0 aromatic rings. The van der Waals surface area contributed by atoms with Crippen molar-refractivity contribution in [1.82, 2.24) is 5.01 Å². The summed E-state index contributed by atoms with van der Waals surface area (Å²) in [6.45, 7) is 1.45. The first-order valence-electron chi connectivity index (χ1n) is 3.38. The van der Waals surface area contributed by atoms with E-state index in [1.807, 2.05) is 0 Å². The van der Waals surface area contributed by atoms with Crippen LogP contribution in [0, 0.1) is 5.92 Å². The summed E-state index contributed by atoms with van der Waals surface area (Å²) in [4.78, 5) is 0. The predicted octanol–water partition coefficient (Wildman–Crippen LogP) is 0.542. The van der Waals surface area contributed by atoms with E-state index < -0.39 is 0 Å². The Bertz CT molecular complexity index is 87.1. The van der Waals surface area contributed by atoms with Crippen LogP contribution in [0.3, 0.4) is 0 Å². The van der Waals surface area contributed by atoms with Crippen LogP contribution < -0.4 is 5.84 Å². The van der Waals surface area contributed by atoms with Crippen LogP contribution in [0.25, 0.3) is 0 Å². The molecule has 1 rings (SSSR count).